The molecule has 3 aromatic rings. The summed E-state index contributed by atoms with van der Waals surface area (Å²) in [6.07, 6.45) is 0.591. The monoisotopic (exact) mass is 566 g/mol. The van der Waals surface area contributed by atoms with Gasteiger partial charge in [-0.1, -0.05) is 29.8 Å². The Hall–Kier alpha value is -3.24. The third-order valence-corrected chi connectivity index (χ3v) is 8.14. The van der Waals surface area contributed by atoms with Gasteiger partial charge in [-0.2, -0.15) is 5.10 Å². The molecule has 0 radical (unpaired) electrons. The van der Waals surface area contributed by atoms with Gasteiger partial charge in [-0.3, -0.25) is 14.5 Å². The van der Waals surface area contributed by atoms with Gasteiger partial charge in [-0.25, -0.2) is 5.01 Å². The van der Waals surface area contributed by atoms with Gasteiger partial charge < -0.3 is 14.4 Å². The number of morpholine rings is 1. The van der Waals surface area contributed by atoms with E-state index in [-0.39, 0.29) is 24.4 Å². The fourth-order valence-electron chi connectivity index (χ4n) is 4.77. The second-order valence-electron chi connectivity index (χ2n) is 9.44. The second-order valence-corrected chi connectivity index (χ2v) is 10.8. The van der Waals surface area contributed by atoms with Gasteiger partial charge in [-0.05, 0) is 53.4 Å². The Bertz CT molecular complexity index is 1290. The van der Waals surface area contributed by atoms with Crippen LogP contribution in [0.2, 0.25) is 5.02 Å². The van der Waals surface area contributed by atoms with E-state index in [1.807, 2.05) is 41.8 Å². The number of carbonyl (C=O) groups is 2. The van der Waals surface area contributed by atoms with Crippen molar-refractivity contribution >= 4 is 40.5 Å². The van der Waals surface area contributed by atoms with Crippen LogP contribution in [0.4, 0.5) is 0 Å². The molecule has 1 fully saturated rings. The number of nitrogens with zero attached hydrogens (tertiary/aromatic N) is 4. The van der Waals surface area contributed by atoms with E-state index in [0.29, 0.717) is 49.1 Å². The molecule has 5 rings (SSSR count). The third kappa shape index (κ3) is 6.67. The van der Waals surface area contributed by atoms with Crippen LogP contribution in [0.3, 0.4) is 0 Å². The van der Waals surface area contributed by atoms with E-state index < -0.39 is 0 Å². The number of hydrogen-bond donors (Lipinski definition) is 0. The highest BCUT2D eigenvalue weighted by Crippen LogP contribution is 2.34. The maximum absolute atomic E-state index is 13.9. The minimum Gasteiger partial charge on any atom is -0.497 e. The Morgan fingerprint density at radius 2 is 1.85 bits per heavy atom. The fraction of sp³-hybridized carbons (Fsp3) is 0.345. The number of thiophene rings is 1. The summed E-state index contributed by atoms with van der Waals surface area (Å²) in [7, 11) is 1.59. The van der Waals surface area contributed by atoms with Gasteiger partial charge in [0.15, 0.2) is 0 Å². The standard InChI is InChI=1S/C29H31ClN4O4S/c1-37-24-10-6-22(7-11-24)29(36)33(13-12-32-14-16-38-17-15-32)20-28(35)34-26(21-4-8-23(30)9-5-21)19-25(31-34)27-3-2-18-39-27/h2-11,18,26H,12-17,19-20H2,1H3. The normalized spacial score (nSPS) is 17.6. The number of hydrogen-bond acceptors (Lipinski definition) is 7. The van der Waals surface area contributed by atoms with E-state index in [2.05, 4.69) is 4.90 Å². The molecule has 1 aromatic heterocycles. The first-order valence-electron chi connectivity index (χ1n) is 12.9. The van der Waals surface area contributed by atoms with Crippen molar-refractivity contribution in [2.75, 3.05) is 53.0 Å². The Morgan fingerprint density at radius 3 is 2.51 bits per heavy atom. The highest BCUT2D eigenvalue weighted by Gasteiger charge is 2.35. The lowest BCUT2D eigenvalue weighted by molar-refractivity contribution is -0.133. The maximum Gasteiger partial charge on any atom is 0.262 e. The Labute approximate surface area is 237 Å². The number of halogens is 1. The first kappa shape index (κ1) is 27.3. The summed E-state index contributed by atoms with van der Waals surface area (Å²) in [6.45, 7) is 3.93. The zero-order chi connectivity index (χ0) is 27.2. The molecule has 204 valence electrons. The zero-order valence-electron chi connectivity index (χ0n) is 21.8. The molecule has 1 atom stereocenters. The van der Waals surface area contributed by atoms with Crippen LogP contribution < -0.4 is 4.74 Å². The predicted molar refractivity (Wildman–Crippen MR) is 153 cm³/mol. The fourth-order valence-corrected chi connectivity index (χ4v) is 5.61. The van der Waals surface area contributed by atoms with Crippen molar-refractivity contribution in [3.05, 3.63) is 87.1 Å². The number of benzene rings is 2. The van der Waals surface area contributed by atoms with Gasteiger partial charge >= 0.3 is 0 Å². The lowest BCUT2D eigenvalue weighted by Gasteiger charge is -2.31. The predicted octanol–water partition coefficient (Wildman–Crippen LogP) is 4.56. The summed E-state index contributed by atoms with van der Waals surface area (Å²) < 4.78 is 10.7. The minimum atomic E-state index is -0.274. The van der Waals surface area contributed by atoms with Crippen LogP contribution in [-0.2, 0) is 9.53 Å². The molecule has 0 bridgehead atoms. The largest absolute Gasteiger partial charge is 0.497 e. The first-order valence-corrected chi connectivity index (χ1v) is 14.2. The van der Waals surface area contributed by atoms with Gasteiger partial charge in [0.25, 0.3) is 11.8 Å². The van der Waals surface area contributed by atoms with Crippen molar-refractivity contribution in [2.45, 2.75) is 12.5 Å². The van der Waals surface area contributed by atoms with Crippen molar-refractivity contribution in [2.24, 2.45) is 5.10 Å². The van der Waals surface area contributed by atoms with Crippen LogP contribution in [0.15, 0.2) is 71.1 Å². The van der Waals surface area contributed by atoms with Crippen LogP contribution in [0, 0.1) is 0 Å². The highest BCUT2D eigenvalue weighted by molar-refractivity contribution is 7.12. The first-order chi connectivity index (χ1) is 19.0. The maximum atomic E-state index is 13.9. The molecule has 3 heterocycles. The molecule has 0 aliphatic carbocycles. The lowest BCUT2D eigenvalue weighted by atomic mass is 10.0. The quantitative estimate of drug-likeness (QED) is 0.379. The number of methoxy groups -OCH3 is 1. The molecule has 10 heteroatoms. The average Bonchev–Trinajstić information content (AvgIpc) is 3.67. The van der Waals surface area contributed by atoms with Crippen LogP contribution in [-0.4, -0.2) is 85.4 Å². The number of hydrazone groups is 1. The number of carbonyl (C=O) groups excluding carboxylic acids is 2. The molecule has 1 unspecified atom stereocenters. The van der Waals surface area contributed by atoms with E-state index in [9.17, 15) is 9.59 Å². The van der Waals surface area contributed by atoms with Crippen molar-refractivity contribution in [3.63, 3.8) is 0 Å². The number of amides is 2. The molecule has 2 aliphatic heterocycles. The topological polar surface area (TPSA) is 74.7 Å². The number of ether oxygens (including phenoxy) is 2. The van der Waals surface area contributed by atoms with Gasteiger partial charge in [0.05, 0.1) is 37.0 Å². The van der Waals surface area contributed by atoms with Crippen LogP contribution >= 0.6 is 22.9 Å². The van der Waals surface area contributed by atoms with Crippen LogP contribution in [0.25, 0.3) is 0 Å². The molecular weight excluding hydrogens is 536 g/mol. The smallest absolute Gasteiger partial charge is 0.262 e. The van der Waals surface area contributed by atoms with E-state index in [0.717, 1.165) is 29.2 Å². The summed E-state index contributed by atoms with van der Waals surface area (Å²) >= 11 is 7.73. The van der Waals surface area contributed by atoms with E-state index in [1.54, 1.807) is 52.6 Å². The molecule has 2 amide bonds. The summed E-state index contributed by atoms with van der Waals surface area (Å²) in [6, 6.07) is 18.2. The van der Waals surface area contributed by atoms with Crippen molar-refractivity contribution in [1.82, 2.24) is 14.8 Å². The Morgan fingerprint density at radius 1 is 1.10 bits per heavy atom. The molecule has 39 heavy (non-hydrogen) atoms. The van der Waals surface area contributed by atoms with Crippen LogP contribution in [0.1, 0.15) is 33.3 Å². The number of rotatable bonds is 9. The molecule has 0 saturated carbocycles. The van der Waals surface area contributed by atoms with Gasteiger partial charge in [0, 0.05) is 43.2 Å². The van der Waals surface area contributed by atoms with E-state index in [4.69, 9.17) is 26.2 Å². The molecule has 2 aromatic carbocycles. The van der Waals surface area contributed by atoms with Crippen molar-refractivity contribution in [1.29, 1.82) is 0 Å². The summed E-state index contributed by atoms with van der Waals surface area (Å²) in [5.74, 6) is 0.232. The van der Waals surface area contributed by atoms with Crippen molar-refractivity contribution < 1.29 is 19.1 Å². The Kier molecular flexibility index (Phi) is 8.93. The zero-order valence-corrected chi connectivity index (χ0v) is 23.4. The lowest BCUT2D eigenvalue weighted by Crippen LogP contribution is -2.46. The molecule has 8 nitrogen and oxygen atoms in total. The minimum absolute atomic E-state index is 0.0828. The molecule has 0 N–H and O–H groups in total. The summed E-state index contributed by atoms with van der Waals surface area (Å²) in [5.41, 5.74) is 2.31. The van der Waals surface area contributed by atoms with Gasteiger partial charge in [-0.15, -0.1) is 11.3 Å². The van der Waals surface area contributed by atoms with Gasteiger partial charge in [0.2, 0.25) is 0 Å². The highest BCUT2D eigenvalue weighted by atomic mass is 35.5. The SMILES string of the molecule is COc1ccc(C(=O)N(CCN2CCOCC2)CC(=O)N2N=C(c3cccs3)CC2c2ccc(Cl)cc2)cc1. The Balaban J connectivity index is 1.38. The second kappa shape index (κ2) is 12.7. The average molecular weight is 567 g/mol. The van der Waals surface area contributed by atoms with Gasteiger partial charge in [0.1, 0.15) is 12.3 Å². The molecule has 1 saturated heterocycles. The van der Waals surface area contributed by atoms with Crippen molar-refractivity contribution in [3.8, 4) is 5.75 Å². The molecule has 2 aliphatic rings. The van der Waals surface area contributed by atoms with E-state index >= 15 is 0 Å². The van der Waals surface area contributed by atoms with E-state index in [1.165, 1.54) is 0 Å². The summed E-state index contributed by atoms with van der Waals surface area (Å²) in [5, 5.41) is 8.94. The molecule has 0 spiro atoms. The molecular formula is C29H31ClN4O4S. The summed E-state index contributed by atoms with van der Waals surface area (Å²) in [4.78, 5) is 32.4. The third-order valence-electron chi connectivity index (χ3n) is 6.97. The van der Waals surface area contributed by atoms with Crippen LogP contribution in [0.5, 0.6) is 5.75 Å².